The van der Waals surface area contributed by atoms with Crippen molar-refractivity contribution in [3.8, 4) is 0 Å². The molecule has 1 saturated carbocycles. The fourth-order valence-electron chi connectivity index (χ4n) is 2.34. The summed E-state index contributed by atoms with van der Waals surface area (Å²) in [7, 11) is 0. The van der Waals surface area contributed by atoms with Crippen LogP contribution in [-0.4, -0.2) is 18.7 Å². The summed E-state index contributed by atoms with van der Waals surface area (Å²) in [6.07, 6.45) is 13.7. The first kappa shape index (κ1) is 10.0. The molecule has 1 aliphatic heterocycles. The van der Waals surface area contributed by atoms with Crippen molar-refractivity contribution in [2.75, 3.05) is 6.54 Å². The molecule has 0 aromatic heterocycles. The first-order valence-corrected chi connectivity index (χ1v) is 5.99. The van der Waals surface area contributed by atoms with Gasteiger partial charge in [-0.25, -0.2) is 0 Å². The monoisotopic (exact) mass is 195 g/mol. The van der Waals surface area contributed by atoms with Crippen LogP contribution < -0.4 is 5.32 Å². The molecular formula is C12H21NO. The average Bonchev–Trinajstić information content (AvgIpc) is 2.29. The summed E-state index contributed by atoms with van der Waals surface area (Å²) >= 11 is 0. The van der Waals surface area contributed by atoms with Gasteiger partial charge in [0.2, 0.25) is 0 Å². The molecule has 2 heteroatoms. The highest BCUT2D eigenvalue weighted by Gasteiger charge is 2.16. The molecule has 0 radical (unpaired) electrons. The van der Waals surface area contributed by atoms with E-state index < -0.39 is 0 Å². The van der Waals surface area contributed by atoms with Gasteiger partial charge in [0.15, 0.2) is 0 Å². The molecule has 2 rings (SSSR count). The predicted octanol–water partition coefficient (Wildman–Crippen LogP) is 2.60. The van der Waals surface area contributed by atoms with Crippen LogP contribution in [-0.2, 0) is 4.74 Å². The molecule has 0 amide bonds. The van der Waals surface area contributed by atoms with E-state index in [0.29, 0.717) is 6.10 Å². The fraction of sp³-hybridized carbons (Fsp3) is 0.833. The average molecular weight is 195 g/mol. The second kappa shape index (κ2) is 5.40. The molecule has 0 saturated heterocycles. The molecule has 2 nitrogen and oxygen atoms in total. The van der Waals surface area contributed by atoms with Crippen LogP contribution >= 0.6 is 0 Å². The number of hydrogen-bond donors (Lipinski definition) is 1. The van der Waals surface area contributed by atoms with Crippen molar-refractivity contribution in [2.24, 2.45) is 0 Å². The van der Waals surface area contributed by atoms with Gasteiger partial charge in [-0.2, -0.15) is 0 Å². The summed E-state index contributed by atoms with van der Waals surface area (Å²) in [6.45, 7) is 1.04. The molecule has 1 heterocycles. The second-order valence-electron chi connectivity index (χ2n) is 4.45. The van der Waals surface area contributed by atoms with E-state index in [1.54, 1.807) is 0 Å². The van der Waals surface area contributed by atoms with Crippen LogP contribution in [0.25, 0.3) is 0 Å². The number of rotatable bonds is 3. The van der Waals surface area contributed by atoms with Gasteiger partial charge in [0.1, 0.15) is 6.10 Å². The summed E-state index contributed by atoms with van der Waals surface area (Å²) in [6, 6.07) is 0.762. The summed E-state index contributed by atoms with van der Waals surface area (Å²) in [5.41, 5.74) is 0. The number of ether oxygens (including phenoxy) is 1. The minimum absolute atomic E-state index is 0.418. The molecule has 14 heavy (non-hydrogen) atoms. The van der Waals surface area contributed by atoms with Crippen LogP contribution in [0.5, 0.6) is 0 Å². The van der Waals surface area contributed by atoms with Crippen molar-refractivity contribution in [1.82, 2.24) is 5.32 Å². The Bertz CT molecular complexity index is 185. The third-order valence-electron chi connectivity index (χ3n) is 3.26. The van der Waals surface area contributed by atoms with Crippen molar-refractivity contribution in [2.45, 2.75) is 57.1 Å². The van der Waals surface area contributed by atoms with E-state index in [0.717, 1.165) is 12.6 Å². The molecule has 80 valence electrons. The Hall–Kier alpha value is -0.500. The molecule has 1 atom stereocenters. The van der Waals surface area contributed by atoms with Crippen LogP contribution in [0.3, 0.4) is 0 Å². The van der Waals surface area contributed by atoms with E-state index in [1.807, 2.05) is 6.26 Å². The van der Waals surface area contributed by atoms with E-state index in [1.165, 1.54) is 44.9 Å². The van der Waals surface area contributed by atoms with Crippen molar-refractivity contribution in [3.63, 3.8) is 0 Å². The normalized spacial score (nSPS) is 28.7. The zero-order chi connectivity index (χ0) is 9.64. The van der Waals surface area contributed by atoms with E-state index >= 15 is 0 Å². The lowest BCUT2D eigenvalue weighted by atomic mass is 9.95. The zero-order valence-corrected chi connectivity index (χ0v) is 8.87. The van der Waals surface area contributed by atoms with Gasteiger partial charge >= 0.3 is 0 Å². The lowest BCUT2D eigenvalue weighted by Crippen LogP contribution is -2.37. The summed E-state index contributed by atoms with van der Waals surface area (Å²) < 4.78 is 5.53. The number of hydrogen-bond acceptors (Lipinski definition) is 2. The second-order valence-corrected chi connectivity index (χ2v) is 4.45. The first-order valence-electron chi connectivity index (χ1n) is 5.99. The Morgan fingerprint density at radius 1 is 1.14 bits per heavy atom. The van der Waals surface area contributed by atoms with Gasteiger partial charge in [0.05, 0.1) is 6.26 Å². The largest absolute Gasteiger partial charge is 0.497 e. The number of allylic oxidation sites excluding steroid dienone is 1. The SMILES string of the molecule is C1=COC(CNC2CCCCC2)CC1. The van der Waals surface area contributed by atoms with Crippen molar-refractivity contribution in [1.29, 1.82) is 0 Å². The first-order chi connectivity index (χ1) is 6.95. The Morgan fingerprint density at radius 3 is 2.71 bits per heavy atom. The standard InChI is InChI=1S/C12H21NO/c1-2-6-11(7-3-1)13-10-12-8-4-5-9-14-12/h5,9,11-13H,1-4,6-8,10H2. The highest BCUT2D eigenvalue weighted by atomic mass is 16.5. The fourth-order valence-corrected chi connectivity index (χ4v) is 2.34. The summed E-state index contributed by atoms with van der Waals surface area (Å²) in [5.74, 6) is 0. The molecule has 1 fully saturated rings. The molecule has 1 aliphatic carbocycles. The summed E-state index contributed by atoms with van der Waals surface area (Å²) in [4.78, 5) is 0. The maximum absolute atomic E-state index is 5.53. The van der Waals surface area contributed by atoms with Gasteiger partial charge in [-0.15, -0.1) is 0 Å². The van der Waals surface area contributed by atoms with Crippen LogP contribution in [0, 0.1) is 0 Å². The smallest absolute Gasteiger partial charge is 0.110 e. The Kier molecular flexibility index (Phi) is 3.87. The van der Waals surface area contributed by atoms with Crippen LogP contribution in [0.2, 0.25) is 0 Å². The predicted molar refractivity (Wildman–Crippen MR) is 58.1 cm³/mol. The van der Waals surface area contributed by atoms with Gasteiger partial charge in [-0.1, -0.05) is 19.3 Å². The summed E-state index contributed by atoms with van der Waals surface area (Å²) in [5, 5.41) is 3.63. The Morgan fingerprint density at radius 2 is 2.00 bits per heavy atom. The highest BCUT2D eigenvalue weighted by Crippen LogP contribution is 2.18. The molecule has 0 aromatic rings. The Balaban J connectivity index is 1.63. The van der Waals surface area contributed by atoms with E-state index in [9.17, 15) is 0 Å². The van der Waals surface area contributed by atoms with Crippen molar-refractivity contribution < 1.29 is 4.74 Å². The van der Waals surface area contributed by atoms with E-state index in [4.69, 9.17) is 4.74 Å². The Labute approximate surface area is 86.7 Å². The van der Waals surface area contributed by atoms with Crippen LogP contribution in [0.15, 0.2) is 12.3 Å². The topological polar surface area (TPSA) is 21.3 Å². The van der Waals surface area contributed by atoms with Gasteiger partial charge in [-0.3, -0.25) is 0 Å². The van der Waals surface area contributed by atoms with Gasteiger partial charge in [0.25, 0.3) is 0 Å². The van der Waals surface area contributed by atoms with Gasteiger partial charge in [-0.05, 0) is 31.8 Å². The van der Waals surface area contributed by atoms with Crippen molar-refractivity contribution in [3.05, 3.63) is 12.3 Å². The molecule has 1 N–H and O–H groups in total. The van der Waals surface area contributed by atoms with Gasteiger partial charge < -0.3 is 10.1 Å². The number of nitrogens with one attached hydrogen (secondary N) is 1. The molecule has 0 aromatic carbocycles. The maximum Gasteiger partial charge on any atom is 0.110 e. The lowest BCUT2D eigenvalue weighted by molar-refractivity contribution is 0.117. The molecular weight excluding hydrogens is 174 g/mol. The minimum atomic E-state index is 0.418. The molecule has 0 bridgehead atoms. The van der Waals surface area contributed by atoms with Gasteiger partial charge in [0, 0.05) is 12.6 Å². The van der Waals surface area contributed by atoms with E-state index in [2.05, 4.69) is 11.4 Å². The third kappa shape index (κ3) is 3.02. The van der Waals surface area contributed by atoms with Crippen LogP contribution in [0.1, 0.15) is 44.9 Å². The minimum Gasteiger partial charge on any atom is -0.497 e. The van der Waals surface area contributed by atoms with Crippen LogP contribution in [0.4, 0.5) is 0 Å². The molecule has 2 aliphatic rings. The maximum atomic E-state index is 5.53. The quantitative estimate of drug-likeness (QED) is 0.747. The zero-order valence-electron chi connectivity index (χ0n) is 8.87. The van der Waals surface area contributed by atoms with Crippen molar-refractivity contribution >= 4 is 0 Å². The molecule has 0 spiro atoms. The highest BCUT2D eigenvalue weighted by molar-refractivity contribution is 4.84. The third-order valence-corrected chi connectivity index (χ3v) is 3.26. The molecule has 1 unspecified atom stereocenters. The lowest BCUT2D eigenvalue weighted by Gasteiger charge is -2.26. The van der Waals surface area contributed by atoms with E-state index in [-0.39, 0.29) is 0 Å².